The molecular weight excluding hydrogens is 622 g/mol. The largest absolute Gasteiger partial charge is 0.462 e. The summed E-state index contributed by atoms with van der Waals surface area (Å²) in [4.78, 5) is 25.8. The number of nitrogens with one attached hydrogen (secondary N) is 1. The Kier molecular flexibility index (Phi) is 37.7. The molecule has 0 rings (SSSR count). The molecule has 0 aromatic heterocycles. The molecule has 0 saturated heterocycles. The van der Waals surface area contributed by atoms with E-state index in [2.05, 4.69) is 38.2 Å². The molecule has 0 aromatic rings. The maximum absolute atomic E-state index is 13.1. The number of carbonyl (C=O) groups excluding carboxylic acids is 2. The fourth-order valence-electron chi connectivity index (χ4n) is 6.72. The minimum atomic E-state index is -0.781. The lowest BCUT2D eigenvalue weighted by molar-refractivity contribution is -0.151. The second-order valence-electron chi connectivity index (χ2n) is 15.1. The van der Waals surface area contributed by atoms with Crippen molar-refractivity contribution in [2.45, 2.75) is 251 Å². The average molecular weight is 708 g/mol. The molecule has 0 radical (unpaired) electrons. The van der Waals surface area contributed by atoms with Gasteiger partial charge < -0.3 is 20.3 Å². The predicted octanol–water partition coefficient (Wildman–Crippen LogP) is 12.2. The van der Waals surface area contributed by atoms with Crippen molar-refractivity contribution in [1.82, 2.24) is 5.32 Å². The number of rotatable bonds is 39. The summed E-state index contributed by atoms with van der Waals surface area (Å²) >= 11 is 0. The van der Waals surface area contributed by atoms with Crippen LogP contribution in [0.2, 0.25) is 0 Å². The Morgan fingerprint density at radius 3 is 1.44 bits per heavy atom. The number of aliphatic hydroxyl groups is 2. The van der Waals surface area contributed by atoms with E-state index in [4.69, 9.17) is 4.74 Å². The van der Waals surface area contributed by atoms with E-state index < -0.39 is 18.2 Å². The van der Waals surface area contributed by atoms with Crippen LogP contribution in [0.25, 0.3) is 0 Å². The molecule has 50 heavy (non-hydrogen) atoms. The summed E-state index contributed by atoms with van der Waals surface area (Å²) in [6.45, 7) is 6.42. The molecule has 296 valence electrons. The third-order valence-corrected chi connectivity index (χ3v) is 10.1. The highest BCUT2D eigenvalue weighted by atomic mass is 16.5. The SMILES string of the molecule is CCCCCC/C=C\CCCCCCCC(CC(=O)NC(CO)C(O)CCCCCCCCCCC)OC(=O)CCCCCCCCCCC. The van der Waals surface area contributed by atoms with E-state index in [0.717, 1.165) is 64.2 Å². The lowest BCUT2D eigenvalue weighted by atomic mass is 10.0. The van der Waals surface area contributed by atoms with E-state index in [1.807, 2.05) is 0 Å². The van der Waals surface area contributed by atoms with Gasteiger partial charge in [-0.1, -0.05) is 181 Å². The fraction of sp³-hybridized carbons (Fsp3) is 0.909. The van der Waals surface area contributed by atoms with Crippen molar-refractivity contribution in [1.29, 1.82) is 0 Å². The highest BCUT2D eigenvalue weighted by molar-refractivity contribution is 5.77. The summed E-state index contributed by atoms with van der Waals surface area (Å²) in [5, 5.41) is 23.5. The Hall–Kier alpha value is -1.40. The van der Waals surface area contributed by atoms with Gasteiger partial charge in [-0.15, -0.1) is 0 Å². The van der Waals surface area contributed by atoms with E-state index in [9.17, 15) is 19.8 Å². The maximum atomic E-state index is 13.1. The number of unbranched alkanes of at least 4 members (excludes halogenated alkanes) is 25. The number of hydrogen-bond acceptors (Lipinski definition) is 5. The molecule has 0 aliphatic rings. The summed E-state index contributed by atoms with van der Waals surface area (Å²) in [6, 6.07) is -0.694. The van der Waals surface area contributed by atoms with Crippen molar-refractivity contribution in [3.05, 3.63) is 12.2 Å². The number of ether oxygens (including phenoxy) is 1. The van der Waals surface area contributed by atoms with E-state index >= 15 is 0 Å². The van der Waals surface area contributed by atoms with E-state index in [-0.39, 0.29) is 24.9 Å². The maximum Gasteiger partial charge on any atom is 0.306 e. The monoisotopic (exact) mass is 708 g/mol. The number of allylic oxidation sites excluding steroid dienone is 2. The van der Waals surface area contributed by atoms with Crippen LogP contribution in [0.5, 0.6) is 0 Å². The third-order valence-electron chi connectivity index (χ3n) is 10.1. The van der Waals surface area contributed by atoms with Crippen LogP contribution in [0.3, 0.4) is 0 Å². The molecule has 6 nitrogen and oxygen atoms in total. The fourth-order valence-corrected chi connectivity index (χ4v) is 6.72. The Labute approximate surface area is 310 Å². The minimum absolute atomic E-state index is 0.0772. The summed E-state index contributed by atoms with van der Waals surface area (Å²) in [5.41, 5.74) is 0. The van der Waals surface area contributed by atoms with Gasteiger partial charge in [0.1, 0.15) is 6.10 Å². The van der Waals surface area contributed by atoms with Gasteiger partial charge in [0, 0.05) is 6.42 Å². The molecule has 0 bridgehead atoms. The molecule has 0 aliphatic heterocycles. The number of hydrogen-bond donors (Lipinski definition) is 3. The highest BCUT2D eigenvalue weighted by Gasteiger charge is 2.24. The van der Waals surface area contributed by atoms with Crippen molar-refractivity contribution in [2.24, 2.45) is 0 Å². The molecule has 0 fully saturated rings. The first-order valence-corrected chi connectivity index (χ1v) is 21.9. The van der Waals surface area contributed by atoms with Crippen LogP contribution in [0, 0.1) is 0 Å². The van der Waals surface area contributed by atoms with Gasteiger partial charge in [0.25, 0.3) is 0 Å². The van der Waals surface area contributed by atoms with Gasteiger partial charge in [0.15, 0.2) is 0 Å². The van der Waals surface area contributed by atoms with E-state index in [1.165, 1.54) is 122 Å². The van der Waals surface area contributed by atoms with Crippen LogP contribution in [0.1, 0.15) is 233 Å². The van der Waals surface area contributed by atoms with Gasteiger partial charge in [-0.25, -0.2) is 0 Å². The lowest BCUT2D eigenvalue weighted by Crippen LogP contribution is -2.46. The topological polar surface area (TPSA) is 95.9 Å². The van der Waals surface area contributed by atoms with Gasteiger partial charge >= 0.3 is 5.97 Å². The molecule has 1 amide bonds. The molecule has 0 saturated carbocycles. The molecular formula is C44H85NO5. The number of amides is 1. The molecule has 3 N–H and O–H groups in total. The second kappa shape index (κ2) is 38.8. The van der Waals surface area contributed by atoms with Crippen molar-refractivity contribution >= 4 is 11.9 Å². The molecule has 0 aromatic carbocycles. The smallest absolute Gasteiger partial charge is 0.306 e. The van der Waals surface area contributed by atoms with E-state index in [1.54, 1.807) is 0 Å². The summed E-state index contributed by atoms with van der Waals surface area (Å²) in [5.74, 6) is -0.478. The van der Waals surface area contributed by atoms with Crippen LogP contribution >= 0.6 is 0 Å². The van der Waals surface area contributed by atoms with Gasteiger partial charge in [-0.2, -0.15) is 0 Å². The number of esters is 1. The zero-order valence-electron chi connectivity index (χ0n) is 33.5. The first kappa shape index (κ1) is 48.6. The normalized spacial score (nSPS) is 13.5. The van der Waals surface area contributed by atoms with Crippen molar-refractivity contribution in [2.75, 3.05) is 6.61 Å². The van der Waals surface area contributed by atoms with Crippen LogP contribution in [-0.2, 0) is 14.3 Å². The molecule has 0 spiro atoms. The van der Waals surface area contributed by atoms with Crippen LogP contribution < -0.4 is 5.32 Å². The van der Waals surface area contributed by atoms with Gasteiger partial charge in [-0.3, -0.25) is 9.59 Å². The highest BCUT2D eigenvalue weighted by Crippen LogP contribution is 2.17. The predicted molar refractivity (Wildman–Crippen MR) is 213 cm³/mol. The van der Waals surface area contributed by atoms with Crippen LogP contribution in [0.15, 0.2) is 12.2 Å². The Morgan fingerprint density at radius 2 is 0.960 bits per heavy atom. The third kappa shape index (κ3) is 33.7. The zero-order chi connectivity index (χ0) is 36.8. The van der Waals surface area contributed by atoms with E-state index in [0.29, 0.717) is 19.3 Å². The van der Waals surface area contributed by atoms with Crippen LogP contribution in [0.4, 0.5) is 0 Å². The second-order valence-corrected chi connectivity index (χ2v) is 15.1. The number of carbonyl (C=O) groups is 2. The molecule has 0 aliphatic carbocycles. The molecule has 0 heterocycles. The minimum Gasteiger partial charge on any atom is -0.462 e. The number of aliphatic hydroxyl groups excluding tert-OH is 2. The molecule has 3 unspecified atom stereocenters. The molecule has 3 atom stereocenters. The Morgan fingerprint density at radius 1 is 0.560 bits per heavy atom. The molecule has 6 heteroatoms. The van der Waals surface area contributed by atoms with Crippen molar-refractivity contribution in [3.8, 4) is 0 Å². The quantitative estimate of drug-likeness (QED) is 0.0336. The van der Waals surface area contributed by atoms with Crippen molar-refractivity contribution in [3.63, 3.8) is 0 Å². The Balaban J connectivity index is 4.60. The standard InChI is InChI=1S/C44H85NO5/c1-4-7-10-13-16-19-20-21-22-25-26-29-32-35-40(50-44(49)37-34-31-28-24-18-15-12-9-6-3)38-43(48)45-41(39-46)42(47)36-33-30-27-23-17-14-11-8-5-2/h19-20,40-42,46-47H,4-18,21-39H2,1-3H3,(H,45,48)/b20-19-. The summed E-state index contributed by atoms with van der Waals surface area (Å²) < 4.78 is 5.88. The van der Waals surface area contributed by atoms with Gasteiger partial charge in [0.2, 0.25) is 5.91 Å². The first-order valence-electron chi connectivity index (χ1n) is 21.9. The van der Waals surface area contributed by atoms with Crippen molar-refractivity contribution < 1.29 is 24.5 Å². The van der Waals surface area contributed by atoms with Gasteiger partial charge in [-0.05, 0) is 51.4 Å². The lowest BCUT2D eigenvalue weighted by Gasteiger charge is -2.24. The average Bonchev–Trinajstić information content (AvgIpc) is 3.10. The summed E-state index contributed by atoms with van der Waals surface area (Å²) in [6.07, 6.45) is 39.8. The zero-order valence-corrected chi connectivity index (χ0v) is 33.5. The van der Waals surface area contributed by atoms with Crippen LogP contribution in [-0.4, -0.2) is 46.9 Å². The summed E-state index contributed by atoms with van der Waals surface area (Å²) in [7, 11) is 0. The van der Waals surface area contributed by atoms with Gasteiger partial charge in [0.05, 0.1) is 25.2 Å². The first-order chi connectivity index (χ1) is 24.5. The Bertz CT molecular complexity index is 757.